The third-order valence-corrected chi connectivity index (χ3v) is 6.33. The van der Waals surface area contributed by atoms with E-state index in [1.54, 1.807) is 0 Å². The fourth-order valence-corrected chi connectivity index (χ4v) is 4.21. The smallest absolute Gasteiger partial charge is 0.222 e. The highest BCUT2D eigenvalue weighted by atomic mass is 16.3. The van der Waals surface area contributed by atoms with Crippen molar-refractivity contribution in [2.24, 2.45) is 0 Å². The van der Waals surface area contributed by atoms with Crippen LogP contribution >= 0.6 is 0 Å². The predicted octanol–water partition coefficient (Wildman–Crippen LogP) is 7.91. The molecule has 0 bridgehead atoms. The molecule has 0 aromatic heterocycles. The topological polar surface area (TPSA) is 40.5 Å². The van der Waals surface area contributed by atoms with Gasteiger partial charge in [-0.15, -0.1) is 0 Å². The van der Waals surface area contributed by atoms with Crippen LogP contribution in [0.1, 0.15) is 130 Å². The number of aryl methyl sites for hydroxylation is 1. The summed E-state index contributed by atoms with van der Waals surface area (Å²) in [6.07, 6.45) is 10.8. The standard InChI is InChI=1S/C29H51NO2/c1-9-11-13-15-19-30(20-16-14-12-10-2)26(31)18-17-23-21-24(28(3,4)5)27(32)25(22-23)29(6,7)8/h21-22,32H,9-20H2,1-8H3. The molecule has 1 N–H and O–H groups in total. The Morgan fingerprint density at radius 3 is 1.59 bits per heavy atom. The third kappa shape index (κ3) is 9.55. The van der Waals surface area contributed by atoms with Gasteiger partial charge in [-0.3, -0.25) is 4.79 Å². The van der Waals surface area contributed by atoms with Gasteiger partial charge in [0.2, 0.25) is 5.91 Å². The van der Waals surface area contributed by atoms with Gasteiger partial charge in [-0.1, -0.05) is 106 Å². The van der Waals surface area contributed by atoms with E-state index in [1.807, 2.05) is 0 Å². The molecule has 3 nitrogen and oxygen atoms in total. The van der Waals surface area contributed by atoms with Gasteiger partial charge in [0.05, 0.1) is 0 Å². The molecule has 0 saturated carbocycles. The van der Waals surface area contributed by atoms with Gasteiger partial charge in [-0.25, -0.2) is 0 Å². The molecule has 3 heteroatoms. The summed E-state index contributed by atoms with van der Waals surface area (Å²) in [5, 5.41) is 11.0. The minimum Gasteiger partial charge on any atom is -0.507 e. The highest BCUT2D eigenvalue weighted by molar-refractivity contribution is 5.76. The number of nitrogens with zero attached hydrogens (tertiary/aromatic N) is 1. The summed E-state index contributed by atoms with van der Waals surface area (Å²) in [5.41, 5.74) is 2.82. The summed E-state index contributed by atoms with van der Waals surface area (Å²) in [5.74, 6) is 0.689. The Bertz CT molecular complexity index is 647. The van der Waals surface area contributed by atoms with Gasteiger partial charge in [-0.05, 0) is 46.8 Å². The zero-order chi connectivity index (χ0) is 24.4. The molecule has 32 heavy (non-hydrogen) atoms. The lowest BCUT2D eigenvalue weighted by atomic mass is 9.78. The Labute approximate surface area is 199 Å². The average Bonchev–Trinajstić information content (AvgIpc) is 2.69. The molecular weight excluding hydrogens is 394 g/mol. The fraction of sp³-hybridized carbons (Fsp3) is 0.759. The van der Waals surface area contributed by atoms with E-state index < -0.39 is 0 Å². The molecule has 0 aliphatic carbocycles. The van der Waals surface area contributed by atoms with Crippen molar-refractivity contribution < 1.29 is 9.90 Å². The van der Waals surface area contributed by atoms with Crippen LogP contribution < -0.4 is 0 Å². The second kappa shape index (κ2) is 13.3. The Morgan fingerprint density at radius 2 is 1.22 bits per heavy atom. The summed E-state index contributed by atoms with van der Waals surface area (Å²) >= 11 is 0. The van der Waals surface area contributed by atoms with Crippen LogP contribution in [0.4, 0.5) is 0 Å². The van der Waals surface area contributed by atoms with Crippen LogP contribution in [0.25, 0.3) is 0 Å². The van der Waals surface area contributed by atoms with Crippen LogP contribution in [0.5, 0.6) is 5.75 Å². The van der Waals surface area contributed by atoms with Gasteiger partial charge in [-0.2, -0.15) is 0 Å². The molecule has 1 rings (SSSR count). The van der Waals surface area contributed by atoms with Gasteiger partial charge in [0.15, 0.2) is 0 Å². The lowest BCUT2D eigenvalue weighted by Gasteiger charge is -2.28. The number of phenols is 1. The highest BCUT2D eigenvalue weighted by Gasteiger charge is 2.26. The van der Waals surface area contributed by atoms with E-state index in [4.69, 9.17) is 0 Å². The summed E-state index contributed by atoms with van der Waals surface area (Å²) in [6.45, 7) is 19.1. The molecule has 0 saturated heterocycles. The van der Waals surface area contributed by atoms with E-state index in [-0.39, 0.29) is 16.7 Å². The molecule has 0 aliphatic heterocycles. The minimum absolute atomic E-state index is 0.144. The Kier molecular flexibility index (Phi) is 11.8. The quantitative estimate of drug-likeness (QED) is 0.313. The molecule has 0 spiro atoms. The second-order valence-corrected chi connectivity index (χ2v) is 11.5. The first-order chi connectivity index (χ1) is 14.9. The van der Waals surface area contributed by atoms with Crippen molar-refractivity contribution in [2.45, 2.75) is 130 Å². The van der Waals surface area contributed by atoms with Crippen molar-refractivity contribution in [1.29, 1.82) is 0 Å². The number of hydrogen-bond donors (Lipinski definition) is 1. The largest absolute Gasteiger partial charge is 0.507 e. The number of carbonyl (C=O) groups excluding carboxylic acids is 1. The normalized spacial score (nSPS) is 12.2. The molecule has 1 amide bonds. The Balaban J connectivity index is 2.95. The minimum atomic E-state index is -0.144. The predicted molar refractivity (Wildman–Crippen MR) is 139 cm³/mol. The monoisotopic (exact) mass is 445 g/mol. The van der Waals surface area contributed by atoms with Crippen molar-refractivity contribution in [2.75, 3.05) is 13.1 Å². The number of amides is 1. The van der Waals surface area contributed by atoms with E-state index in [2.05, 4.69) is 72.4 Å². The molecule has 1 aromatic rings. The number of carbonyl (C=O) groups is 1. The van der Waals surface area contributed by atoms with Crippen molar-refractivity contribution in [1.82, 2.24) is 4.90 Å². The zero-order valence-corrected chi connectivity index (χ0v) is 22.4. The van der Waals surface area contributed by atoms with Crippen molar-refractivity contribution >= 4 is 5.91 Å². The number of phenolic OH excluding ortho intramolecular Hbond substituents is 1. The third-order valence-electron chi connectivity index (χ3n) is 6.33. The van der Waals surface area contributed by atoms with E-state index in [1.165, 1.54) is 38.5 Å². The van der Waals surface area contributed by atoms with Crippen LogP contribution in [0, 0.1) is 0 Å². The number of aromatic hydroxyl groups is 1. The lowest BCUT2D eigenvalue weighted by Crippen LogP contribution is -2.33. The highest BCUT2D eigenvalue weighted by Crippen LogP contribution is 2.40. The fourth-order valence-electron chi connectivity index (χ4n) is 4.21. The number of benzene rings is 1. The molecule has 1 aromatic carbocycles. The second-order valence-electron chi connectivity index (χ2n) is 11.5. The lowest BCUT2D eigenvalue weighted by molar-refractivity contribution is -0.131. The van der Waals surface area contributed by atoms with Crippen LogP contribution in [-0.4, -0.2) is 29.0 Å². The molecule has 0 atom stereocenters. The van der Waals surface area contributed by atoms with Crippen molar-refractivity contribution in [3.8, 4) is 5.75 Å². The summed E-state index contributed by atoms with van der Waals surface area (Å²) < 4.78 is 0. The molecule has 0 fully saturated rings. The van der Waals surface area contributed by atoms with Crippen molar-refractivity contribution in [3.05, 3.63) is 28.8 Å². The van der Waals surface area contributed by atoms with Crippen molar-refractivity contribution in [3.63, 3.8) is 0 Å². The number of unbranched alkanes of at least 4 members (excludes halogenated alkanes) is 6. The van der Waals surface area contributed by atoms with Gasteiger partial charge in [0, 0.05) is 19.5 Å². The van der Waals surface area contributed by atoms with E-state index >= 15 is 0 Å². The molecular formula is C29H51NO2. The van der Waals surface area contributed by atoms with E-state index in [0.717, 1.165) is 49.0 Å². The Hall–Kier alpha value is -1.51. The average molecular weight is 446 g/mol. The van der Waals surface area contributed by atoms with Crippen LogP contribution in [0.3, 0.4) is 0 Å². The van der Waals surface area contributed by atoms with Gasteiger partial charge >= 0.3 is 0 Å². The first-order valence-corrected chi connectivity index (χ1v) is 13.1. The first kappa shape index (κ1) is 28.5. The molecule has 0 radical (unpaired) electrons. The Morgan fingerprint density at radius 1 is 0.781 bits per heavy atom. The molecule has 0 aliphatic rings. The first-order valence-electron chi connectivity index (χ1n) is 13.1. The maximum absolute atomic E-state index is 13.2. The summed E-state index contributed by atoms with van der Waals surface area (Å²) in [7, 11) is 0. The SMILES string of the molecule is CCCCCCN(CCCCCC)C(=O)CCc1cc(C(C)(C)C)c(O)c(C(C)(C)C)c1. The maximum Gasteiger partial charge on any atom is 0.222 e. The van der Waals surface area contributed by atoms with Gasteiger partial charge in [0.1, 0.15) is 5.75 Å². The van der Waals surface area contributed by atoms with Crippen LogP contribution in [0.15, 0.2) is 12.1 Å². The van der Waals surface area contributed by atoms with E-state index in [0.29, 0.717) is 12.2 Å². The maximum atomic E-state index is 13.2. The molecule has 0 unspecified atom stereocenters. The molecule has 0 heterocycles. The van der Waals surface area contributed by atoms with Gasteiger partial charge in [0.25, 0.3) is 0 Å². The zero-order valence-electron chi connectivity index (χ0n) is 22.4. The van der Waals surface area contributed by atoms with E-state index in [9.17, 15) is 9.90 Å². The summed E-state index contributed by atoms with van der Waals surface area (Å²) in [6, 6.07) is 4.23. The van der Waals surface area contributed by atoms with Crippen LogP contribution in [-0.2, 0) is 22.0 Å². The molecule has 184 valence electrons. The van der Waals surface area contributed by atoms with Gasteiger partial charge < -0.3 is 10.0 Å². The number of hydrogen-bond acceptors (Lipinski definition) is 2. The summed E-state index contributed by atoms with van der Waals surface area (Å²) in [4.78, 5) is 15.3. The number of rotatable bonds is 13. The van der Waals surface area contributed by atoms with Crippen LogP contribution in [0.2, 0.25) is 0 Å².